The van der Waals surface area contributed by atoms with Crippen LogP contribution in [0.5, 0.6) is 5.75 Å². The number of aromatic hydroxyl groups is 1. The Labute approximate surface area is 97.1 Å². The van der Waals surface area contributed by atoms with Gasteiger partial charge in [0.15, 0.2) is 0 Å². The minimum Gasteiger partial charge on any atom is -0.507 e. The minimum atomic E-state index is -1.93. The summed E-state index contributed by atoms with van der Waals surface area (Å²) >= 11 is 0. The van der Waals surface area contributed by atoms with Gasteiger partial charge in [-0.3, -0.25) is 4.79 Å². The largest absolute Gasteiger partial charge is 0.507 e. The summed E-state index contributed by atoms with van der Waals surface area (Å²) < 4.78 is 28.4. The first kappa shape index (κ1) is 9.63. The van der Waals surface area contributed by atoms with E-state index in [1.54, 1.807) is 13.8 Å². The molecule has 0 radical (unpaired) electrons. The summed E-state index contributed by atoms with van der Waals surface area (Å²) in [6.07, 6.45) is -1.93. The predicted molar refractivity (Wildman–Crippen MR) is 60.0 cm³/mol. The topological polar surface area (TPSA) is 49.3 Å². The molecule has 0 saturated heterocycles. The molecular formula is C12H16FNO2. The van der Waals surface area contributed by atoms with Crippen molar-refractivity contribution < 1.29 is 17.0 Å². The van der Waals surface area contributed by atoms with Gasteiger partial charge < -0.3 is 10.4 Å². The van der Waals surface area contributed by atoms with E-state index >= 15 is 0 Å². The molecule has 0 aliphatic carbocycles. The number of rotatable bonds is 3. The minimum absolute atomic E-state index is 0.165. The van der Waals surface area contributed by atoms with Gasteiger partial charge in [0.25, 0.3) is 5.91 Å². The molecule has 3 nitrogen and oxygen atoms in total. The second-order valence-electron chi connectivity index (χ2n) is 3.73. The van der Waals surface area contributed by atoms with E-state index in [0.717, 1.165) is 12.1 Å². The van der Waals surface area contributed by atoms with Crippen molar-refractivity contribution in [3.05, 3.63) is 29.1 Å². The molecule has 16 heavy (non-hydrogen) atoms. The lowest BCUT2D eigenvalue weighted by atomic mass is 10.1. The van der Waals surface area contributed by atoms with Gasteiger partial charge in [-0.2, -0.15) is 0 Å². The fourth-order valence-electron chi connectivity index (χ4n) is 1.30. The summed E-state index contributed by atoms with van der Waals surface area (Å²) in [4.78, 5) is 11.7. The maximum absolute atomic E-state index is 13.4. The highest BCUT2D eigenvalue weighted by Gasteiger charge is 2.16. The van der Waals surface area contributed by atoms with E-state index in [4.69, 9.17) is 2.74 Å². The first-order chi connectivity index (χ1) is 8.12. The summed E-state index contributed by atoms with van der Waals surface area (Å²) in [5, 5.41) is 12.4. The highest BCUT2D eigenvalue weighted by Crippen LogP contribution is 2.24. The van der Waals surface area contributed by atoms with Crippen LogP contribution in [0.1, 0.15) is 39.4 Å². The van der Waals surface area contributed by atoms with Crippen molar-refractivity contribution in [3.8, 4) is 5.75 Å². The number of aryl methyl sites for hydroxylation is 1. The molecule has 0 heterocycles. The summed E-state index contributed by atoms with van der Waals surface area (Å²) in [5.74, 6) is -1.92. The van der Waals surface area contributed by atoms with Crippen LogP contribution in [0, 0.1) is 5.82 Å². The molecule has 4 heteroatoms. The summed E-state index contributed by atoms with van der Waals surface area (Å²) in [6.45, 7) is 4.65. The van der Waals surface area contributed by atoms with Crippen molar-refractivity contribution in [1.82, 2.24) is 5.32 Å². The van der Waals surface area contributed by atoms with Crippen LogP contribution in [0.3, 0.4) is 0 Å². The zero-order chi connectivity index (χ0) is 14.1. The van der Waals surface area contributed by atoms with Gasteiger partial charge in [0.1, 0.15) is 11.6 Å². The van der Waals surface area contributed by atoms with Gasteiger partial charge in [-0.1, -0.05) is 6.92 Å². The molecule has 2 N–H and O–H groups in total. The third kappa shape index (κ3) is 2.72. The molecule has 0 saturated carbocycles. The fraction of sp³-hybridized carbons (Fsp3) is 0.417. The van der Waals surface area contributed by atoms with Gasteiger partial charge in [0.2, 0.25) is 0 Å². The number of benzene rings is 1. The quantitative estimate of drug-likeness (QED) is 0.832. The third-order valence-corrected chi connectivity index (χ3v) is 2.01. The van der Waals surface area contributed by atoms with Crippen LogP contribution in [-0.2, 0) is 6.37 Å². The Kier molecular flexibility index (Phi) is 2.99. The second kappa shape index (κ2) is 4.96. The van der Waals surface area contributed by atoms with Crippen LogP contribution >= 0.6 is 0 Å². The summed E-state index contributed by atoms with van der Waals surface area (Å²) in [5.41, 5.74) is -0.499. The molecule has 1 aromatic carbocycles. The highest BCUT2D eigenvalue weighted by molar-refractivity contribution is 5.97. The molecular weight excluding hydrogens is 209 g/mol. The van der Waals surface area contributed by atoms with E-state index in [2.05, 4.69) is 5.32 Å². The van der Waals surface area contributed by atoms with Gasteiger partial charge >= 0.3 is 0 Å². The number of halogens is 1. The van der Waals surface area contributed by atoms with Crippen molar-refractivity contribution in [2.45, 2.75) is 33.2 Å². The smallest absolute Gasteiger partial charge is 0.255 e. The molecule has 0 fully saturated rings. The molecule has 1 amide bonds. The molecule has 1 aromatic rings. The van der Waals surface area contributed by atoms with E-state index < -0.39 is 23.8 Å². The number of phenols is 1. The molecule has 0 aliphatic rings. The van der Waals surface area contributed by atoms with Crippen molar-refractivity contribution >= 4 is 5.91 Å². The maximum Gasteiger partial charge on any atom is 0.255 e. The van der Waals surface area contributed by atoms with Gasteiger partial charge in [-0.15, -0.1) is 0 Å². The predicted octanol–water partition coefficient (Wildman–Crippen LogP) is 2.23. The monoisotopic (exact) mass is 227 g/mol. The van der Waals surface area contributed by atoms with E-state index in [-0.39, 0.29) is 17.2 Å². The lowest BCUT2D eigenvalue weighted by Crippen LogP contribution is -2.30. The first-order valence-electron chi connectivity index (χ1n) is 5.96. The number of amides is 1. The number of carbonyl (C=O) groups excluding carboxylic acids is 1. The number of hydrogen-bond donors (Lipinski definition) is 2. The molecule has 0 atom stereocenters. The number of phenolic OH excluding ortho intramolecular Hbond substituents is 1. The Morgan fingerprint density at radius 2 is 2.25 bits per heavy atom. The maximum atomic E-state index is 13.4. The third-order valence-electron chi connectivity index (χ3n) is 2.01. The lowest BCUT2D eigenvalue weighted by molar-refractivity contribution is 0.0940. The Hall–Kier alpha value is -1.58. The molecule has 88 valence electrons. The zero-order valence-corrected chi connectivity index (χ0v) is 9.47. The van der Waals surface area contributed by atoms with Gasteiger partial charge in [0.05, 0.1) is 5.56 Å². The van der Waals surface area contributed by atoms with Crippen LogP contribution in [0.4, 0.5) is 4.39 Å². The van der Waals surface area contributed by atoms with E-state index in [9.17, 15) is 14.3 Å². The SMILES string of the molecule is [2H]C([2H])(C)c1cc(F)cc(C(=O)NC(C)C)c1O. The number of nitrogens with one attached hydrogen (secondary N) is 1. The van der Waals surface area contributed by atoms with Gasteiger partial charge in [0, 0.05) is 8.78 Å². The molecule has 0 aliphatic heterocycles. The molecule has 0 aromatic heterocycles. The summed E-state index contributed by atoms with van der Waals surface area (Å²) in [6, 6.07) is 1.62. The van der Waals surface area contributed by atoms with E-state index in [1.165, 1.54) is 6.92 Å². The van der Waals surface area contributed by atoms with Crippen LogP contribution < -0.4 is 5.32 Å². The first-order valence-corrected chi connectivity index (χ1v) is 4.96. The highest BCUT2D eigenvalue weighted by atomic mass is 19.1. The van der Waals surface area contributed by atoms with Crippen LogP contribution in [0.15, 0.2) is 12.1 Å². The molecule has 1 rings (SSSR count). The van der Waals surface area contributed by atoms with Crippen molar-refractivity contribution in [3.63, 3.8) is 0 Å². The Balaban J connectivity index is 3.30. The number of carbonyl (C=O) groups is 1. The molecule has 0 bridgehead atoms. The summed E-state index contributed by atoms with van der Waals surface area (Å²) in [7, 11) is 0. The van der Waals surface area contributed by atoms with Crippen LogP contribution in [0.25, 0.3) is 0 Å². The molecule has 0 spiro atoms. The van der Waals surface area contributed by atoms with Crippen molar-refractivity contribution in [2.75, 3.05) is 0 Å². The van der Waals surface area contributed by atoms with Crippen molar-refractivity contribution in [1.29, 1.82) is 0 Å². The Bertz CT molecular complexity index is 470. The number of hydrogen-bond acceptors (Lipinski definition) is 2. The standard InChI is InChI=1S/C12H16FNO2/c1-4-8-5-9(13)6-10(11(8)15)12(16)14-7(2)3/h5-7,15H,4H2,1-3H3,(H,14,16)/i4D2. The Morgan fingerprint density at radius 1 is 1.62 bits per heavy atom. The lowest BCUT2D eigenvalue weighted by Gasteiger charge is -2.11. The fourth-order valence-corrected chi connectivity index (χ4v) is 1.30. The van der Waals surface area contributed by atoms with Crippen LogP contribution in [-0.4, -0.2) is 17.1 Å². The average Bonchev–Trinajstić information content (AvgIpc) is 2.18. The average molecular weight is 227 g/mol. The Morgan fingerprint density at radius 3 is 2.75 bits per heavy atom. The van der Waals surface area contributed by atoms with E-state index in [1.807, 2.05) is 0 Å². The van der Waals surface area contributed by atoms with Crippen LogP contribution in [0.2, 0.25) is 0 Å². The van der Waals surface area contributed by atoms with Crippen molar-refractivity contribution in [2.24, 2.45) is 0 Å². The second-order valence-corrected chi connectivity index (χ2v) is 3.73. The normalized spacial score (nSPS) is 13.3. The van der Waals surface area contributed by atoms with Gasteiger partial charge in [-0.25, -0.2) is 4.39 Å². The van der Waals surface area contributed by atoms with Gasteiger partial charge in [-0.05, 0) is 37.9 Å². The van der Waals surface area contributed by atoms with E-state index in [0.29, 0.717) is 0 Å². The molecule has 0 unspecified atom stereocenters. The zero-order valence-electron chi connectivity index (χ0n) is 11.5.